The van der Waals surface area contributed by atoms with E-state index in [2.05, 4.69) is 40.6 Å². The minimum atomic E-state index is 0.232. The number of nitrogens with zero attached hydrogens (tertiary/aromatic N) is 5. The summed E-state index contributed by atoms with van der Waals surface area (Å²) in [5.74, 6) is 0. The highest BCUT2D eigenvalue weighted by atomic mass is 35.5. The maximum atomic E-state index is 9.02. The molecule has 0 N–H and O–H groups in total. The molecule has 1 aliphatic rings. The van der Waals surface area contributed by atoms with Crippen LogP contribution in [0.1, 0.15) is 23.4 Å². The van der Waals surface area contributed by atoms with Crippen LogP contribution < -0.4 is 0 Å². The molecule has 0 amide bonds. The second kappa shape index (κ2) is 8.09. The number of pyridine rings is 1. The molecule has 3 aromatic rings. The maximum absolute atomic E-state index is 9.02. The van der Waals surface area contributed by atoms with E-state index in [1.54, 1.807) is 30.1 Å². The number of hydrogen-bond acceptors (Lipinski definition) is 5. The lowest BCUT2D eigenvalue weighted by Crippen LogP contribution is -2.32. The SMILES string of the molecule is CC(Cn1ccc(-c2ccc(C#N)c(Cl)c2)n1)N1C=CS[C@@H]1c1cccnc1. The molecule has 1 aromatic carbocycles. The van der Waals surface area contributed by atoms with Crippen LogP contribution in [0, 0.1) is 11.3 Å². The monoisotopic (exact) mass is 407 g/mol. The summed E-state index contributed by atoms with van der Waals surface area (Å²) in [7, 11) is 0. The third-order valence-corrected chi connectivity index (χ3v) is 6.03. The topological polar surface area (TPSA) is 57.7 Å². The molecule has 0 saturated heterocycles. The van der Waals surface area contributed by atoms with Crippen molar-refractivity contribution in [2.45, 2.75) is 24.9 Å². The van der Waals surface area contributed by atoms with Gasteiger partial charge in [-0.25, -0.2) is 0 Å². The van der Waals surface area contributed by atoms with Gasteiger partial charge in [0.05, 0.1) is 22.8 Å². The van der Waals surface area contributed by atoms with Gasteiger partial charge in [0.1, 0.15) is 11.4 Å². The molecular weight excluding hydrogens is 390 g/mol. The molecule has 0 fully saturated rings. The number of benzene rings is 1. The van der Waals surface area contributed by atoms with Crippen molar-refractivity contribution in [1.29, 1.82) is 5.26 Å². The van der Waals surface area contributed by atoms with Crippen LogP contribution in [0.5, 0.6) is 0 Å². The molecule has 0 spiro atoms. The first-order valence-corrected chi connectivity index (χ1v) is 10.2. The third-order valence-electron chi connectivity index (χ3n) is 4.67. The average Bonchev–Trinajstić information content (AvgIpc) is 3.38. The molecule has 2 aromatic heterocycles. The summed E-state index contributed by atoms with van der Waals surface area (Å²) in [5, 5.41) is 16.5. The van der Waals surface area contributed by atoms with E-state index in [-0.39, 0.29) is 11.4 Å². The van der Waals surface area contributed by atoms with Crippen molar-refractivity contribution in [3.63, 3.8) is 0 Å². The highest BCUT2D eigenvalue weighted by molar-refractivity contribution is 8.02. The van der Waals surface area contributed by atoms with E-state index in [0.29, 0.717) is 10.6 Å². The Morgan fingerprint density at radius 3 is 2.96 bits per heavy atom. The largest absolute Gasteiger partial charge is 0.356 e. The molecule has 7 heteroatoms. The van der Waals surface area contributed by atoms with Gasteiger partial charge >= 0.3 is 0 Å². The average molecular weight is 408 g/mol. The van der Waals surface area contributed by atoms with Crippen LogP contribution >= 0.6 is 23.4 Å². The van der Waals surface area contributed by atoms with Crippen molar-refractivity contribution >= 4 is 23.4 Å². The van der Waals surface area contributed by atoms with Crippen LogP contribution in [0.25, 0.3) is 11.3 Å². The molecule has 2 atom stereocenters. The summed E-state index contributed by atoms with van der Waals surface area (Å²) in [6.45, 7) is 2.95. The summed E-state index contributed by atoms with van der Waals surface area (Å²) in [6, 6.07) is 13.8. The van der Waals surface area contributed by atoms with Crippen LogP contribution in [-0.4, -0.2) is 25.7 Å². The summed E-state index contributed by atoms with van der Waals surface area (Å²) in [6.07, 6.45) is 7.83. The number of halogens is 1. The lowest BCUT2D eigenvalue weighted by molar-refractivity contribution is 0.251. The molecule has 1 unspecified atom stereocenters. The number of aromatic nitrogens is 3. The number of thioether (sulfide) groups is 1. The lowest BCUT2D eigenvalue weighted by atomic mass is 10.1. The Balaban J connectivity index is 1.48. The van der Waals surface area contributed by atoms with E-state index >= 15 is 0 Å². The number of rotatable bonds is 5. The fourth-order valence-corrected chi connectivity index (χ4v) is 4.52. The molecule has 0 radical (unpaired) electrons. The fraction of sp³-hybridized carbons (Fsp3) is 0.190. The summed E-state index contributed by atoms with van der Waals surface area (Å²) in [5.41, 5.74) is 3.41. The maximum Gasteiger partial charge on any atom is 0.106 e. The van der Waals surface area contributed by atoms with E-state index < -0.39 is 0 Å². The number of hydrogen-bond donors (Lipinski definition) is 0. The Hall–Kier alpha value is -2.75. The van der Waals surface area contributed by atoms with Gasteiger partial charge in [-0.2, -0.15) is 10.4 Å². The third kappa shape index (κ3) is 3.77. The zero-order valence-corrected chi connectivity index (χ0v) is 16.8. The Kier molecular flexibility index (Phi) is 5.38. The molecular formula is C21H18ClN5S. The standard InChI is InChI=1S/C21H18ClN5S/c1-15(27-9-10-28-21(27)18-3-2-7-24-13-18)14-26-8-6-20(25-26)16-4-5-17(12-23)19(22)11-16/h2-11,13,15,21H,14H2,1H3/t15?,21-/m1/s1. The van der Waals surface area contributed by atoms with E-state index in [1.807, 2.05) is 35.3 Å². The molecule has 28 heavy (non-hydrogen) atoms. The highest BCUT2D eigenvalue weighted by Gasteiger charge is 2.26. The first-order valence-electron chi connectivity index (χ1n) is 8.88. The Morgan fingerprint density at radius 2 is 2.21 bits per heavy atom. The minimum absolute atomic E-state index is 0.232. The fourth-order valence-electron chi connectivity index (χ4n) is 3.23. The van der Waals surface area contributed by atoms with Gasteiger partial charge in [-0.3, -0.25) is 9.67 Å². The minimum Gasteiger partial charge on any atom is -0.356 e. The Bertz CT molecular complexity index is 1040. The van der Waals surface area contributed by atoms with Crippen molar-refractivity contribution in [1.82, 2.24) is 19.7 Å². The molecule has 0 bridgehead atoms. The van der Waals surface area contributed by atoms with Crippen molar-refractivity contribution in [3.05, 3.63) is 82.7 Å². The van der Waals surface area contributed by atoms with E-state index in [1.165, 1.54) is 5.56 Å². The van der Waals surface area contributed by atoms with E-state index in [4.69, 9.17) is 22.0 Å². The molecule has 0 saturated carbocycles. The second-order valence-corrected chi connectivity index (χ2v) is 7.98. The van der Waals surface area contributed by atoms with Crippen molar-refractivity contribution in [3.8, 4) is 17.3 Å². The van der Waals surface area contributed by atoms with Crippen molar-refractivity contribution in [2.75, 3.05) is 0 Å². The van der Waals surface area contributed by atoms with Crippen molar-refractivity contribution in [2.24, 2.45) is 0 Å². The second-order valence-electron chi connectivity index (χ2n) is 6.59. The number of nitriles is 1. The van der Waals surface area contributed by atoms with Gasteiger partial charge in [0.15, 0.2) is 0 Å². The Labute approximate surface area is 173 Å². The predicted octanol–water partition coefficient (Wildman–Crippen LogP) is 5.08. The highest BCUT2D eigenvalue weighted by Crippen LogP contribution is 2.40. The van der Waals surface area contributed by atoms with E-state index in [0.717, 1.165) is 17.8 Å². The summed E-state index contributed by atoms with van der Waals surface area (Å²) in [4.78, 5) is 6.58. The van der Waals surface area contributed by atoms with Gasteiger partial charge in [0.2, 0.25) is 0 Å². The van der Waals surface area contributed by atoms with Gasteiger partial charge in [-0.1, -0.05) is 23.7 Å². The summed E-state index contributed by atoms with van der Waals surface area (Å²) >= 11 is 7.94. The van der Waals surface area contributed by atoms with Gasteiger partial charge in [0.25, 0.3) is 0 Å². The molecule has 1 aliphatic heterocycles. The van der Waals surface area contributed by atoms with Gasteiger partial charge in [-0.15, -0.1) is 11.8 Å². The molecule has 0 aliphatic carbocycles. The molecule has 140 valence electrons. The van der Waals surface area contributed by atoms with Crippen LogP contribution in [-0.2, 0) is 6.54 Å². The quantitative estimate of drug-likeness (QED) is 0.590. The normalized spacial score (nSPS) is 16.9. The smallest absolute Gasteiger partial charge is 0.106 e. The van der Waals surface area contributed by atoms with Gasteiger partial charge < -0.3 is 4.90 Å². The first kappa shape index (κ1) is 18.6. The van der Waals surface area contributed by atoms with Crippen LogP contribution in [0.4, 0.5) is 0 Å². The molecule has 5 nitrogen and oxygen atoms in total. The van der Waals surface area contributed by atoms with Crippen LogP contribution in [0.2, 0.25) is 5.02 Å². The van der Waals surface area contributed by atoms with Crippen molar-refractivity contribution < 1.29 is 0 Å². The molecule has 4 rings (SSSR count). The molecule has 3 heterocycles. The van der Waals surface area contributed by atoms with Gasteiger partial charge in [0, 0.05) is 42.0 Å². The Morgan fingerprint density at radius 1 is 1.32 bits per heavy atom. The van der Waals surface area contributed by atoms with Crippen LogP contribution in [0.15, 0.2) is 66.6 Å². The lowest BCUT2D eigenvalue weighted by Gasteiger charge is -2.31. The van der Waals surface area contributed by atoms with Crippen LogP contribution in [0.3, 0.4) is 0 Å². The van der Waals surface area contributed by atoms with Gasteiger partial charge in [-0.05, 0) is 36.6 Å². The first-order chi connectivity index (χ1) is 13.7. The zero-order valence-electron chi connectivity index (χ0n) is 15.2. The summed E-state index contributed by atoms with van der Waals surface area (Å²) < 4.78 is 1.95. The predicted molar refractivity (Wildman–Crippen MR) is 112 cm³/mol. The zero-order chi connectivity index (χ0) is 19.5. The van der Waals surface area contributed by atoms with E-state index in [9.17, 15) is 0 Å².